The van der Waals surface area contributed by atoms with E-state index in [-0.39, 0.29) is 17.5 Å². The summed E-state index contributed by atoms with van der Waals surface area (Å²) in [6, 6.07) is 2.28. The van der Waals surface area contributed by atoms with Gasteiger partial charge in [-0.2, -0.15) is 5.26 Å². The molecule has 0 aromatic carbocycles. The van der Waals surface area contributed by atoms with Gasteiger partial charge < -0.3 is 5.73 Å². The summed E-state index contributed by atoms with van der Waals surface area (Å²) in [6.45, 7) is 8.02. The van der Waals surface area contributed by atoms with Crippen molar-refractivity contribution in [1.29, 1.82) is 5.26 Å². The lowest BCUT2D eigenvalue weighted by Crippen LogP contribution is -2.46. The Hall–Kier alpha value is -0.850. The van der Waals surface area contributed by atoms with Crippen LogP contribution in [0.25, 0.3) is 0 Å². The van der Waals surface area contributed by atoms with Crippen LogP contribution in [0.5, 0.6) is 0 Å². The Morgan fingerprint density at radius 1 is 1.64 bits per heavy atom. The second-order valence-electron chi connectivity index (χ2n) is 4.93. The van der Waals surface area contributed by atoms with E-state index in [9.17, 15) is 0 Å². The first kappa shape index (κ1) is 11.2. The number of nitrogens with two attached hydrogens (primary N) is 1. The van der Waals surface area contributed by atoms with Crippen LogP contribution >= 0.6 is 0 Å². The van der Waals surface area contributed by atoms with Crippen LogP contribution in [0.3, 0.4) is 0 Å². The zero-order chi connectivity index (χ0) is 10.8. The van der Waals surface area contributed by atoms with E-state index < -0.39 is 0 Å². The van der Waals surface area contributed by atoms with Gasteiger partial charge in [-0.25, -0.2) is 0 Å². The fourth-order valence-electron chi connectivity index (χ4n) is 1.40. The van der Waals surface area contributed by atoms with Gasteiger partial charge in [-0.3, -0.25) is 4.90 Å². The summed E-state index contributed by atoms with van der Waals surface area (Å²) in [7, 11) is 0. The molecule has 3 nitrogen and oxygen atoms in total. The maximum Gasteiger partial charge on any atom is 0.117 e. The lowest BCUT2D eigenvalue weighted by atomic mass is 9.87. The number of nitriles is 1. The van der Waals surface area contributed by atoms with Crippen molar-refractivity contribution in [2.45, 2.75) is 32.9 Å². The summed E-state index contributed by atoms with van der Waals surface area (Å²) in [4.78, 5) is 2.11. The molecule has 78 valence electrons. The first-order valence-electron chi connectivity index (χ1n) is 5.01. The average Bonchev–Trinajstić information content (AvgIpc) is 2.50. The summed E-state index contributed by atoms with van der Waals surface area (Å²) in [6.07, 6.45) is 3.97. The highest BCUT2D eigenvalue weighted by atomic mass is 15.2. The van der Waals surface area contributed by atoms with Crippen molar-refractivity contribution in [2.24, 2.45) is 11.1 Å². The van der Waals surface area contributed by atoms with E-state index in [2.05, 4.69) is 31.7 Å². The zero-order valence-corrected chi connectivity index (χ0v) is 9.20. The lowest BCUT2D eigenvalue weighted by molar-refractivity contribution is 0.215. The van der Waals surface area contributed by atoms with E-state index in [1.807, 2.05) is 12.2 Å². The van der Waals surface area contributed by atoms with Gasteiger partial charge in [0.05, 0.1) is 6.07 Å². The van der Waals surface area contributed by atoms with E-state index in [4.69, 9.17) is 11.0 Å². The number of hydrogen-bond donors (Lipinski definition) is 1. The molecule has 1 aliphatic heterocycles. The predicted octanol–water partition coefficient (Wildman–Crippen LogP) is 1.12. The van der Waals surface area contributed by atoms with Crippen molar-refractivity contribution < 1.29 is 0 Å². The van der Waals surface area contributed by atoms with Gasteiger partial charge in [0.25, 0.3) is 0 Å². The smallest absolute Gasteiger partial charge is 0.117 e. The summed E-state index contributed by atoms with van der Waals surface area (Å²) < 4.78 is 0. The van der Waals surface area contributed by atoms with Crippen molar-refractivity contribution >= 4 is 0 Å². The normalized spacial score (nSPS) is 24.9. The van der Waals surface area contributed by atoms with Crippen molar-refractivity contribution in [3.05, 3.63) is 12.2 Å². The maximum absolute atomic E-state index is 8.87. The van der Waals surface area contributed by atoms with E-state index >= 15 is 0 Å². The molecule has 3 heteroatoms. The quantitative estimate of drug-likeness (QED) is 0.669. The fourth-order valence-corrected chi connectivity index (χ4v) is 1.40. The molecule has 0 aliphatic carbocycles. The van der Waals surface area contributed by atoms with E-state index in [1.54, 1.807) is 0 Å². The van der Waals surface area contributed by atoms with Crippen molar-refractivity contribution in [3.8, 4) is 6.07 Å². The summed E-state index contributed by atoms with van der Waals surface area (Å²) in [5.74, 6) is 0. The third kappa shape index (κ3) is 2.57. The molecule has 0 fully saturated rings. The van der Waals surface area contributed by atoms with Gasteiger partial charge in [-0.05, 0) is 5.41 Å². The highest BCUT2D eigenvalue weighted by molar-refractivity contribution is 5.14. The molecule has 2 atom stereocenters. The van der Waals surface area contributed by atoms with Crippen LogP contribution < -0.4 is 5.73 Å². The largest absolute Gasteiger partial charge is 0.326 e. The standard InChI is InChI=1S/C11H19N3/c1-11(2,3)10(13)8-14-6-4-5-9(14)7-12/h4-5,9-10H,6,8,13H2,1-3H3/t9-,10+/m0/s1. The molecule has 0 aromatic rings. The monoisotopic (exact) mass is 193 g/mol. The van der Waals surface area contributed by atoms with Crippen LogP contribution in [0.4, 0.5) is 0 Å². The molecule has 0 saturated heterocycles. The summed E-state index contributed by atoms with van der Waals surface area (Å²) in [5.41, 5.74) is 6.17. The van der Waals surface area contributed by atoms with Crippen molar-refractivity contribution in [1.82, 2.24) is 4.90 Å². The molecule has 1 heterocycles. The minimum atomic E-state index is -0.0802. The molecule has 0 saturated carbocycles. The first-order chi connectivity index (χ1) is 6.45. The Bertz CT molecular complexity index is 257. The molecule has 1 aliphatic rings. The summed E-state index contributed by atoms with van der Waals surface area (Å²) >= 11 is 0. The van der Waals surface area contributed by atoms with Crippen LogP contribution in [-0.4, -0.2) is 30.1 Å². The molecule has 0 amide bonds. The van der Waals surface area contributed by atoms with Gasteiger partial charge in [0.2, 0.25) is 0 Å². The van der Waals surface area contributed by atoms with E-state index in [0.29, 0.717) is 0 Å². The minimum Gasteiger partial charge on any atom is -0.326 e. The number of hydrogen-bond acceptors (Lipinski definition) is 3. The van der Waals surface area contributed by atoms with Gasteiger partial charge in [-0.1, -0.05) is 32.9 Å². The third-order valence-electron chi connectivity index (χ3n) is 2.73. The minimum absolute atomic E-state index is 0.0802. The Kier molecular flexibility index (Phi) is 3.30. The van der Waals surface area contributed by atoms with Crippen LogP contribution in [0.2, 0.25) is 0 Å². The van der Waals surface area contributed by atoms with Gasteiger partial charge in [0.1, 0.15) is 6.04 Å². The Labute approximate surface area is 86.2 Å². The maximum atomic E-state index is 8.87. The topological polar surface area (TPSA) is 53.0 Å². The fraction of sp³-hybridized carbons (Fsp3) is 0.727. The lowest BCUT2D eigenvalue weighted by Gasteiger charge is -2.31. The molecule has 0 radical (unpaired) electrons. The first-order valence-corrected chi connectivity index (χ1v) is 5.01. The average molecular weight is 193 g/mol. The molecule has 0 unspecified atom stereocenters. The Balaban J connectivity index is 2.50. The molecule has 2 N–H and O–H groups in total. The van der Waals surface area contributed by atoms with E-state index in [1.165, 1.54) is 0 Å². The second kappa shape index (κ2) is 4.12. The molecular formula is C11H19N3. The molecule has 14 heavy (non-hydrogen) atoms. The van der Waals surface area contributed by atoms with Gasteiger partial charge in [0.15, 0.2) is 0 Å². The van der Waals surface area contributed by atoms with E-state index in [0.717, 1.165) is 13.1 Å². The SMILES string of the molecule is CC(C)(C)[C@H](N)CN1CC=C[C@H]1C#N. The van der Waals surface area contributed by atoms with Crippen LogP contribution in [0.15, 0.2) is 12.2 Å². The van der Waals surface area contributed by atoms with Gasteiger partial charge >= 0.3 is 0 Å². The third-order valence-corrected chi connectivity index (χ3v) is 2.73. The predicted molar refractivity (Wildman–Crippen MR) is 57.5 cm³/mol. The summed E-state index contributed by atoms with van der Waals surface area (Å²) in [5, 5.41) is 8.87. The number of rotatable bonds is 2. The zero-order valence-electron chi connectivity index (χ0n) is 9.20. The Morgan fingerprint density at radius 3 is 2.79 bits per heavy atom. The molecule has 0 aromatic heterocycles. The van der Waals surface area contributed by atoms with Crippen LogP contribution in [-0.2, 0) is 0 Å². The van der Waals surface area contributed by atoms with Crippen LogP contribution in [0.1, 0.15) is 20.8 Å². The molecule has 0 bridgehead atoms. The Morgan fingerprint density at radius 2 is 2.29 bits per heavy atom. The second-order valence-corrected chi connectivity index (χ2v) is 4.93. The molecule has 1 rings (SSSR count). The van der Waals surface area contributed by atoms with Crippen molar-refractivity contribution in [2.75, 3.05) is 13.1 Å². The molecule has 0 spiro atoms. The highest BCUT2D eigenvalue weighted by Crippen LogP contribution is 2.20. The molecular weight excluding hydrogens is 174 g/mol. The highest BCUT2D eigenvalue weighted by Gasteiger charge is 2.27. The van der Waals surface area contributed by atoms with Gasteiger partial charge in [0, 0.05) is 19.1 Å². The van der Waals surface area contributed by atoms with Gasteiger partial charge in [-0.15, -0.1) is 0 Å². The van der Waals surface area contributed by atoms with Crippen molar-refractivity contribution in [3.63, 3.8) is 0 Å². The number of nitrogens with zero attached hydrogens (tertiary/aromatic N) is 2. The van der Waals surface area contributed by atoms with Crippen LogP contribution in [0, 0.1) is 16.7 Å².